The van der Waals surface area contributed by atoms with E-state index < -0.39 is 40.8 Å². The summed E-state index contributed by atoms with van der Waals surface area (Å²) in [4.78, 5) is 54.1. The smallest absolute Gasteiger partial charge is 0.318 e. The molecule has 0 aliphatic carbocycles. The second-order valence-electron chi connectivity index (χ2n) is 9.09. The Hall–Kier alpha value is -4.05. The van der Waals surface area contributed by atoms with Crippen LogP contribution in [0, 0.1) is 29.9 Å². The van der Waals surface area contributed by atoms with Crippen molar-refractivity contribution in [3.63, 3.8) is 0 Å². The molecule has 2 aromatic carbocycles. The molecule has 1 saturated heterocycles. The number of carbonyl (C=O) groups excluding carboxylic acids is 3. The molecule has 4 rings (SSSR count). The number of hydrogen-bond donors (Lipinski definition) is 2. The van der Waals surface area contributed by atoms with Crippen LogP contribution in [-0.4, -0.2) is 40.1 Å². The fourth-order valence-electron chi connectivity index (χ4n) is 5.28. The zero-order valence-corrected chi connectivity index (χ0v) is 21.5. The van der Waals surface area contributed by atoms with Gasteiger partial charge in [0.25, 0.3) is 5.69 Å². The highest BCUT2D eigenvalue weighted by molar-refractivity contribution is 7.10. The number of nitrogens with two attached hydrogens (primary N) is 1. The zero-order valence-electron chi connectivity index (χ0n) is 20.7. The second kappa shape index (κ2) is 10.5. The quantitative estimate of drug-likeness (QED) is 0.269. The molecule has 3 amide bonds. The topological polar surface area (TPSA) is 136 Å². The maximum absolute atomic E-state index is 14.3. The molecule has 4 unspecified atom stereocenters. The fraction of sp³-hybridized carbons (Fsp3) is 0.296. The summed E-state index contributed by atoms with van der Waals surface area (Å²) < 4.78 is 0. The van der Waals surface area contributed by atoms with Gasteiger partial charge in [0.1, 0.15) is 6.04 Å². The largest absolute Gasteiger partial charge is 0.368 e. The molecule has 0 spiro atoms. The summed E-state index contributed by atoms with van der Waals surface area (Å²) >= 11 is 1.39. The van der Waals surface area contributed by atoms with Gasteiger partial charge in [0.05, 0.1) is 16.9 Å². The van der Waals surface area contributed by atoms with Crippen molar-refractivity contribution in [2.75, 3.05) is 6.54 Å². The van der Waals surface area contributed by atoms with Crippen LogP contribution in [0.2, 0.25) is 0 Å². The maximum Gasteiger partial charge on any atom is 0.318 e. The number of nitrogens with zero attached hydrogens (tertiary/aromatic N) is 2. The average molecular weight is 521 g/mol. The number of rotatable bonds is 7. The predicted octanol–water partition coefficient (Wildman–Crippen LogP) is 4.50. The number of ketones is 1. The van der Waals surface area contributed by atoms with Gasteiger partial charge in [-0.25, -0.2) is 4.79 Å². The van der Waals surface area contributed by atoms with E-state index >= 15 is 0 Å². The predicted molar refractivity (Wildman–Crippen MR) is 141 cm³/mol. The third kappa shape index (κ3) is 4.72. The van der Waals surface area contributed by atoms with Gasteiger partial charge >= 0.3 is 6.03 Å². The molecular weight excluding hydrogens is 492 g/mol. The first-order valence-corrected chi connectivity index (χ1v) is 12.8. The van der Waals surface area contributed by atoms with Crippen LogP contribution in [0.5, 0.6) is 0 Å². The number of carbonyl (C=O) groups is 3. The Labute approximate surface area is 218 Å². The van der Waals surface area contributed by atoms with Crippen molar-refractivity contribution >= 4 is 34.7 Å². The van der Waals surface area contributed by atoms with Crippen LogP contribution in [0.1, 0.15) is 50.8 Å². The highest BCUT2D eigenvalue weighted by Crippen LogP contribution is 2.53. The number of amides is 3. The van der Waals surface area contributed by atoms with Gasteiger partial charge in [0.15, 0.2) is 5.78 Å². The monoisotopic (exact) mass is 520 g/mol. The number of urea groups is 1. The molecule has 0 saturated carbocycles. The summed E-state index contributed by atoms with van der Waals surface area (Å²) in [5.41, 5.74) is 8.23. The Bertz CT molecular complexity index is 1370. The number of aryl methyl sites for hydroxylation is 2. The summed E-state index contributed by atoms with van der Waals surface area (Å²) in [6.45, 7) is 5.73. The van der Waals surface area contributed by atoms with Crippen molar-refractivity contribution in [1.29, 1.82) is 0 Å². The van der Waals surface area contributed by atoms with E-state index in [9.17, 15) is 24.5 Å². The molecule has 0 radical (unpaired) electrons. The number of nitro groups is 1. The van der Waals surface area contributed by atoms with Crippen LogP contribution in [0.15, 0.2) is 60.0 Å². The summed E-state index contributed by atoms with van der Waals surface area (Å²) in [6, 6.07) is 12.2. The Morgan fingerprint density at radius 2 is 1.81 bits per heavy atom. The molecule has 1 aliphatic heterocycles. The van der Waals surface area contributed by atoms with E-state index in [1.165, 1.54) is 34.4 Å². The lowest BCUT2D eigenvalue weighted by atomic mass is 9.77. The highest BCUT2D eigenvalue weighted by Gasteiger charge is 2.57. The fourth-order valence-corrected chi connectivity index (χ4v) is 6.38. The number of nitrogens with one attached hydrogen (secondary N) is 1. The molecule has 37 heavy (non-hydrogen) atoms. The summed E-state index contributed by atoms with van der Waals surface area (Å²) in [6.07, 6.45) is 0. The van der Waals surface area contributed by atoms with Gasteiger partial charge in [-0.3, -0.25) is 19.7 Å². The van der Waals surface area contributed by atoms with E-state index in [1.807, 2.05) is 37.4 Å². The number of primary amides is 1. The summed E-state index contributed by atoms with van der Waals surface area (Å²) in [5, 5.41) is 16.2. The highest BCUT2D eigenvalue weighted by atomic mass is 32.1. The normalized spacial score (nSPS) is 21.0. The number of nitro benzene ring substituents is 1. The number of likely N-dealkylation sites (tertiary alicyclic amines) is 1. The average Bonchev–Trinajstić information content (AvgIpc) is 3.45. The molecule has 3 aromatic rings. The molecule has 3 N–H and O–H groups in total. The maximum atomic E-state index is 14.3. The number of Topliss-reactive ketones (excluding diaryl/α,β-unsaturated/α-hetero) is 1. The van der Waals surface area contributed by atoms with Gasteiger partial charge in [-0.2, -0.15) is 0 Å². The van der Waals surface area contributed by atoms with Gasteiger partial charge in [0, 0.05) is 35.0 Å². The Morgan fingerprint density at radius 1 is 1.08 bits per heavy atom. The number of non-ortho nitro benzene ring substituents is 1. The van der Waals surface area contributed by atoms with Crippen LogP contribution < -0.4 is 11.1 Å². The molecule has 10 heteroatoms. The first kappa shape index (κ1) is 26.0. The lowest BCUT2D eigenvalue weighted by Gasteiger charge is -2.30. The third-order valence-electron chi connectivity index (χ3n) is 6.86. The van der Waals surface area contributed by atoms with Crippen LogP contribution >= 0.6 is 11.3 Å². The molecule has 1 fully saturated rings. The molecule has 1 aliphatic rings. The van der Waals surface area contributed by atoms with E-state index in [0.29, 0.717) is 11.1 Å². The minimum atomic E-state index is -1.15. The zero-order chi connectivity index (χ0) is 26.9. The van der Waals surface area contributed by atoms with E-state index in [2.05, 4.69) is 5.32 Å². The molecule has 2 heterocycles. The van der Waals surface area contributed by atoms with Crippen molar-refractivity contribution in [2.24, 2.45) is 11.7 Å². The van der Waals surface area contributed by atoms with Crippen molar-refractivity contribution in [3.05, 3.63) is 97.2 Å². The van der Waals surface area contributed by atoms with Crippen molar-refractivity contribution < 1.29 is 19.3 Å². The van der Waals surface area contributed by atoms with Crippen LogP contribution in [0.3, 0.4) is 0 Å². The van der Waals surface area contributed by atoms with E-state index in [4.69, 9.17) is 5.73 Å². The van der Waals surface area contributed by atoms with Crippen LogP contribution in [-0.2, 0) is 4.79 Å². The van der Waals surface area contributed by atoms with Crippen molar-refractivity contribution in [1.82, 2.24) is 10.2 Å². The Morgan fingerprint density at radius 3 is 2.41 bits per heavy atom. The second-order valence-corrected chi connectivity index (χ2v) is 10.0. The Balaban J connectivity index is 2.03. The third-order valence-corrected chi connectivity index (χ3v) is 7.98. The van der Waals surface area contributed by atoms with E-state index in [-0.39, 0.29) is 18.0 Å². The van der Waals surface area contributed by atoms with Gasteiger partial charge in [-0.1, -0.05) is 36.4 Å². The SMILES string of the molecule is CCNC(=O)N1C(C(N)=O)C(c2sccc2C)C(C(=O)c2ccccc2C)C1c1cccc([N+](=O)[O-])c1. The van der Waals surface area contributed by atoms with Gasteiger partial charge in [-0.05, 0) is 48.9 Å². The van der Waals surface area contributed by atoms with Crippen molar-refractivity contribution in [2.45, 2.75) is 38.8 Å². The van der Waals surface area contributed by atoms with Gasteiger partial charge in [-0.15, -0.1) is 11.3 Å². The van der Waals surface area contributed by atoms with Gasteiger partial charge < -0.3 is 16.0 Å². The molecule has 9 nitrogen and oxygen atoms in total. The van der Waals surface area contributed by atoms with Crippen LogP contribution in [0.4, 0.5) is 10.5 Å². The standard InChI is InChI=1S/C27H28N4O5S/c1-4-29-27(34)30-22(17-9-7-10-18(14-17)31(35)36)20(24(32)19-11-6-5-8-15(19)2)21(23(30)26(28)33)25-16(3)12-13-37-25/h5-14,20-23H,4H2,1-3H3,(H2,28,33)(H,29,34). The number of thiophene rings is 1. The lowest BCUT2D eigenvalue weighted by molar-refractivity contribution is -0.385. The molecule has 0 bridgehead atoms. The summed E-state index contributed by atoms with van der Waals surface area (Å²) in [5.74, 6) is -2.66. The van der Waals surface area contributed by atoms with E-state index in [1.54, 1.807) is 25.1 Å². The molecule has 192 valence electrons. The molecule has 4 atom stereocenters. The number of benzene rings is 2. The first-order valence-electron chi connectivity index (χ1n) is 11.9. The first-order chi connectivity index (χ1) is 17.7. The molecular formula is C27H28N4O5S. The minimum Gasteiger partial charge on any atom is -0.368 e. The minimum absolute atomic E-state index is 0.179. The Kier molecular flexibility index (Phi) is 7.40. The lowest BCUT2D eigenvalue weighted by Crippen LogP contribution is -2.50. The van der Waals surface area contributed by atoms with Gasteiger partial charge in [0.2, 0.25) is 5.91 Å². The molecule has 1 aromatic heterocycles. The number of hydrogen-bond acceptors (Lipinski definition) is 6. The van der Waals surface area contributed by atoms with Crippen LogP contribution in [0.25, 0.3) is 0 Å². The van der Waals surface area contributed by atoms with E-state index in [0.717, 1.165) is 16.0 Å². The van der Waals surface area contributed by atoms with Crippen molar-refractivity contribution in [3.8, 4) is 0 Å². The summed E-state index contributed by atoms with van der Waals surface area (Å²) in [7, 11) is 0.